The van der Waals surface area contributed by atoms with E-state index < -0.39 is 0 Å². The van der Waals surface area contributed by atoms with Gasteiger partial charge < -0.3 is 15.5 Å². The SMILES string of the molecule is CNc1cc(SC(C)C)cc(F)c1NCC1CCN(C2CCC2)CC1. The minimum absolute atomic E-state index is 0.151. The number of thioether (sulfide) groups is 1. The van der Waals surface area contributed by atoms with E-state index >= 15 is 0 Å². The quantitative estimate of drug-likeness (QED) is 0.662. The molecule has 1 heterocycles. The van der Waals surface area contributed by atoms with Crippen molar-refractivity contribution in [2.24, 2.45) is 5.92 Å². The standard InChI is InChI=1S/C20H32FN3S/c1-14(2)25-17-11-18(21)20(19(12-17)22-3)23-13-15-7-9-24(10-8-15)16-5-4-6-16/h11-12,14-16,22-23H,4-10,13H2,1-3H3. The fourth-order valence-electron chi connectivity index (χ4n) is 3.82. The molecule has 140 valence electrons. The molecule has 2 N–H and O–H groups in total. The van der Waals surface area contributed by atoms with E-state index in [-0.39, 0.29) is 5.82 Å². The molecule has 5 heteroatoms. The van der Waals surface area contributed by atoms with E-state index in [0.29, 0.717) is 16.9 Å². The number of nitrogens with zero attached hydrogens (tertiary/aromatic N) is 1. The van der Waals surface area contributed by atoms with Gasteiger partial charge in [-0.15, -0.1) is 11.8 Å². The molecule has 0 amide bonds. The van der Waals surface area contributed by atoms with E-state index in [4.69, 9.17) is 0 Å². The van der Waals surface area contributed by atoms with E-state index in [1.807, 2.05) is 7.05 Å². The monoisotopic (exact) mass is 365 g/mol. The molecular weight excluding hydrogens is 333 g/mol. The fraction of sp³-hybridized carbons (Fsp3) is 0.700. The van der Waals surface area contributed by atoms with Gasteiger partial charge in [-0.25, -0.2) is 4.39 Å². The molecule has 0 spiro atoms. The molecule has 2 fully saturated rings. The smallest absolute Gasteiger partial charge is 0.149 e. The molecule has 0 aromatic heterocycles. The zero-order chi connectivity index (χ0) is 17.8. The van der Waals surface area contributed by atoms with Crippen LogP contribution in [0.1, 0.15) is 46.0 Å². The lowest BCUT2D eigenvalue weighted by atomic mass is 9.88. The molecule has 0 radical (unpaired) electrons. The first-order valence-corrected chi connectivity index (χ1v) is 10.6. The third-order valence-corrected chi connectivity index (χ3v) is 6.49. The van der Waals surface area contributed by atoms with Crippen molar-refractivity contribution in [3.05, 3.63) is 17.9 Å². The summed E-state index contributed by atoms with van der Waals surface area (Å²) in [6.07, 6.45) is 6.63. The van der Waals surface area contributed by atoms with Crippen LogP contribution in [-0.2, 0) is 0 Å². The number of rotatable bonds is 7. The van der Waals surface area contributed by atoms with Crippen LogP contribution in [0, 0.1) is 11.7 Å². The van der Waals surface area contributed by atoms with E-state index in [0.717, 1.165) is 23.2 Å². The molecule has 1 saturated heterocycles. The summed E-state index contributed by atoms with van der Waals surface area (Å²) in [5, 5.41) is 6.99. The highest BCUT2D eigenvalue weighted by Gasteiger charge is 2.28. The van der Waals surface area contributed by atoms with Gasteiger partial charge in [-0.2, -0.15) is 0 Å². The van der Waals surface area contributed by atoms with Gasteiger partial charge in [0.25, 0.3) is 0 Å². The van der Waals surface area contributed by atoms with Gasteiger partial charge in [0.1, 0.15) is 5.82 Å². The van der Waals surface area contributed by atoms with E-state index in [1.54, 1.807) is 17.8 Å². The number of anilines is 2. The molecule has 25 heavy (non-hydrogen) atoms. The van der Waals surface area contributed by atoms with Crippen molar-refractivity contribution in [2.45, 2.75) is 62.1 Å². The molecule has 0 bridgehead atoms. The predicted octanol–water partition coefficient (Wildman–Crippen LogP) is 5.04. The van der Waals surface area contributed by atoms with Crippen molar-refractivity contribution in [3.8, 4) is 0 Å². The van der Waals surface area contributed by atoms with Crippen LogP contribution in [0.5, 0.6) is 0 Å². The molecule has 0 atom stereocenters. The molecule has 1 aromatic carbocycles. The van der Waals surface area contributed by atoms with Gasteiger partial charge in [-0.1, -0.05) is 20.3 Å². The Morgan fingerprint density at radius 1 is 1.20 bits per heavy atom. The van der Waals surface area contributed by atoms with E-state index in [1.165, 1.54) is 45.2 Å². The Morgan fingerprint density at radius 2 is 1.92 bits per heavy atom. The number of benzene rings is 1. The lowest BCUT2D eigenvalue weighted by Crippen LogP contribution is -2.45. The van der Waals surface area contributed by atoms with Crippen molar-refractivity contribution in [1.82, 2.24) is 4.90 Å². The molecule has 1 aliphatic heterocycles. The van der Waals surface area contributed by atoms with Crippen LogP contribution in [0.4, 0.5) is 15.8 Å². The van der Waals surface area contributed by atoms with E-state index in [9.17, 15) is 4.39 Å². The number of hydrogen-bond donors (Lipinski definition) is 2. The summed E-state index contributed by atoms with van der Waals surface area (Å²) in [4.78, 5) is 3.65. The van der Waals surface area contributed by atoms with Crippen LogP contribution >= 0.6 is 11.8 Å². The average Bonchev–Trinajstić information content (AvgIpc) is 2.52. The van der Waals surface area contributed by atoms with Gasteiger partial charge in [-0.3, -0.25) is 0 Å². The zero-order valence-corrected chi connectivity index (χ0v) is 16.6. The van der Waals surface area contributed by atoms with Crippen molar-refractivity contribution in [1.29, 1.82) is 0 Å². The Morgan fingerprint density at radius 3 is 2.48 bits per heavy atom. The summed E-state index contributed by atoms with van der Waals surface area (Å²) in [6.45, 7) is 7.54. The van der Waals surface area contributed by atoms with Crippen molar-refractivity contribution < 1.29 is 4.39 Å². The van der Waals surface area contributed by atoms with Crippen molar-refractivity contribution in [2.75, 3.05) is 37.3 Å². The molecule has 1 aromatic rings. The first-order valence-electron chi connectivity index (χ1n) is 9.72. The number of likely N-dealkylation sites (tertiary alicyclic amines) is 1. The topological polar surface area (TPSA) is 27.3 Å². The summed E-state index contributed by atoms with van der Waals surface area (Å²) in [7, 11) is 1.86. The molecule has 3 nitrogen and oxygen atoms in total. The second-order valence-electron chi connectivity index (χ2n) is 7.69. The minimum Gasteiger partial charge on any atom is -0.386 e. The second kappa shape index (κ2) is 8.63. The highest BCUT2D eigenvalue weighted by atomic mass is 32.2. The predicted molar refractivity (Wildman–Crippen MR) is 107 cm³/mol. The average molecular weight is 366 g/mol. The normalized spacial score (nSPS) is 19.9. The lowest BCUT2D eigenvalue weighted by Gasteiger charge is -2.41. The van der Waals surface area contributed by atoms with Gasteiger partial charge in [0.2, 0.25) is 0 Å². The first kappa shape index (κ1) is 18.8. The maximum atomic E-state index is 14.6. The van der Waals surface area contributed by atoms with Gasteiger partial charge in [0, 0.05) is 29.8 Å². The summed E-state index contributed by atoms with van der Waals surface area (Å²) >= 11 is 1.69. The Hall–Kier alpha value is -0.940. The van der Waals surface area contributed by atoms with Crippen molar-refractivity contribution in [3.63, 3.8) is 0 Å². The molecule has 0 unspecified atom stereocenters. The second-order valence-corrected chi connectivity index (χ2v) is 9.34. The number of nitrogens with one attached hydrogen (secondary N) is 2. The van der Waals surface area contributed by atoms with Crippen LogP contribution in [-0.4, -0.2) is 42.9 Å². The number of halogens is 1. The summed E-state index contributed by atoms with van der Waals surface area (Å²) in [5.74, 6) is 0.493. The Balaban J connectivity index is 1.55. The highest BCUT2D eigenvalue weighted by Crippen LogP contribution is 2.34. The molecule has 3 rings (SSSR count). The highest BCUT2D eigenvalue weighted by molar-refractivity contribution is 7.99. The van der Waals surface area contributed by atoms with E-state index in [2.05, 4.69) is 35.4 Å². The lowest BCUT2D eigenvalue weighted by molar-refractivity contribution is 0.0871. The van der Waals surface area contributed by atoms with Crippen LogP contribution in [0.25, 0.3) is 0 Å². The molecule has 1 saturated carbocycles. The van der Waals surface area contributed by atoms with Crippen LogP contribution < -0.4 is 10.6 Å². The largest absolute Gasteiger partial charge is 0.386 e. The summed E-state index contributed by atoms with van der Waals surface area (Å²) in [6, 6.07) is 4.57. The number of piperidine rings is 1. The third-order valence-electron chi connectivity index (χ3n) is 5.51. The van der Waals surface area contributed by atoms with Crippen LogP contribution in [0.3, 0.4) is 0 Å². The number of hydrogen-bond acceptors (Lipinski definition) is 4. The molecular formula is C20H32FN3S. The van der Waals surface area contributed by atoms with Crippen LogP contribution in [0.2, 0.25) is 0 Å². The maximum Gasteiger partial charge on any atom is 0.149 e. The Labute approximate surface area is 156 Å². The molecule has 1 aliphatic carbocycles. The first-order chi connectivity index (χ1) is 12.1. The van der Waals surface area contributed by atoms with Gasteiger partial charge in [-0.05, 0) is 56.8 Å². The summed E-state index contributed by atoms with van der Waals surface area (Å²) in [5.41, 5.74) is 1.48. The Kier molecular flexibility index (Phi) is 6.50. The van der Waals surface area contributed by atoms with Crippen LogP contribution in [0.15, 0.2) is 17.0 Å². The third kappa shape index (κ3) is 4.82. The maximum absolute atomic E-state index is 14.6. The zero-order valence-electron chi connectivity index (χ0n) is 15.8. The van der Waals surface area contributed by atoms with Gasteiger partial charge in [0.15, 0.2) is 0 Å². The van der Waals surface area contributed by atoms with Crippen molar-refractivity contribution >= 4 is 23.1 Å². The summed E-state index contributed by atoms with van der Waals surface area (Å²) < 4.78 is 14.6. The van der Waals surface area contributed by atoms with Gasteiger partial charge in [0.05, 0.1) is 11.4 Å². The Bertz CT molecular complexity index is 566. The minimum atomic E-state index is -0.151. The fourth-order valence-corrected chi connectivity index (χ4v) is 4.72. The molecule has 2 aliphatic rings. The van der Waals surface area contributed by atoms with Gasteiger partial charge >= 0.3 is 0 Å².